The monoisotopic (exact) mass is 300 g/mol. The Balaban J connectivity index is 2.77. The van der Waals surface area contributed by atoms with Gasteiger partial charge in [-0.1, -0.05) is 0 Å². The molecule has 9 N–H and O–H groups in total. The van der Waals surface area contributed by atoms with E-state index in [9.17, 15) is 35.7 Å². The topological polar surface area (TPSA) is 191 Å². The zero-order valence-corrected chi connectivity index (χ0v) is 10.3. The molecule has 10 heteroatoms. The quantitative estimate of drug-likeness (QED) is 0.236. The molecule has 10 nitrogen and oxygen atoms in total. The molecule has 1 aliphatic rings. The molecule has 0 bridgehead atoms. The Hall–Kier alpha value is -0.400. The van der Waals surface area contributed by atoms with Gasteiger partial charge in [-0.2, -0.15) is 0 Å². The van der Waals surface area contributed by atoms with Crippen molar-refractivity contribution in [3.8, 4) is 0 Å². The van der Waals surface area contributed by atoms with Crippen LogP contribution in [0.15, 0.2) is 0 Å². The first-order valence-corrected chi connectivity index (χ1v) is 5.93. The summed E-state index contributed by atoms with van der Waals surface area (Å²) in [4.78, 5) is 0. The highest BCUT2D eigenvalue weighted by Gasteiger charge is 2.48. The maximum Gasteiger partial charge on any atom is 0.184 e. The van der Waals surface area contributed by atoms with Crippen molar-refractivity contribution in [3.05, 3.63) is 0 Å². The van der Waals surface area contributed by atoms with Gasteiger partial charge in [-0.15, -0.1) is 0 Å². The smallest absolute Gasteiger partial charge is 0.184 e. The molecular formula is C10H20O10. The van der Waals surface area contributed by atoms with Crippen molar-refractivity contribution in [1.82, 2.24) is 0 Å². The SMILES string of the molecule is OC[C@@H](O)[C@@H](O)[C@H](O)[C@H](O)[C@H]1O[C@@H](O)[C@H](O)[C@@H](O)[C@@H]1O. The third-order valence-electron chi connectivity index (χ3n) is 3.24. The van der Waals surface area contributed by atoms with Gasteiger partial charge in [-0.3, -0.25) is 0 Å². The molecule has 1 rings (SSSR count). The lowest BCUT2D eigenvalue weighted by atomic mass is 9.90. The van der Waals surface area contributed by atoms with Crippen molar-refractivity contribution in [2.75, 3.05) is 6.61 Å². The number of ether oxygens (including phenoxy) is 1. The summed E-state index contributed by atoms with van der Waals surface area (Å²) >= 11 is 0. The van der Waals surface area contributed by atoms with E-state index >= 15 is 0 Å². The fourth-order valence-corrected chi connectivity index (χ4v) is 1.90. The number of aliphatic hydroxyl groups is 9. The summed E-state index contributed by atoms with van der Waals surface area (Å²) in [6, 6.07) is 0. The molecule has 0 amide bonds. The van der Waals surface area contributed by atoms with Gasteiger partial charge in [0.1, 0.15) is 48.8 Å². The van der Waals surface area contributed by atoms with Crippen molar-refractivity contribution in [3.63, 3.8) is 0 Å². The molecule has 120 valence electrons. The normalized spacial score (nSPS) is 41.0. The molecule has 0 aromatic rings. The first-order chi connectivity index (χ1) is 9.22. The van der Waals surface area contributed by atoms with E-state index in [1.165, 1.54) is 0 Å². The van der Waals surface area contributed by atoms with Crippen LogP contribution in [0.25, 0.3) is 0 Å². The highest BCUT2D eigenvalue weighted by molar-refractivity contribution is 4.96. The molecule has 9 atom stereocenters. The van der Waals surface area contributed by atoms with Crippen LogP contribution >= 0.6 is 0 Å². The Morgan fingerprint density at radius 2 is 1.35 bits per heavy atom. The molecule has 0 spiro atoms. The van der Waals surface area contributed by atoms with Gasteiger partial charge in [-0.05, 0) is 0 Å². The summed E-state index contributed by atoms with van der Waals surface area (Å²) in [6.45, 7) is -0.886. The summed E-state index contributed by atoms with van der Waals surface area (Å²) < 4.78 is 4.66. The molecule has 1 heterocycles. The Kier molecular flexibility index (Phi) is 6.22. The van der Waals surface area contributed by atoms with E-state index in [1.54, 1.807) is 0 Å². The zero-order chi connectivity index (χ0) is 15.6. The van der Waals surface area contributed by atoms with Gasteiger partial charge >= 0.3 is 0 Å². The van der Waals surface area contributed by atoms with Crippen LogP contribution in [0.3, 0.4) is 0 Å². The fourth-order valence-electron chi connectivity index (χ4n) is 1.90. The molecule has 1 aliphatic heterocycles. The second-order valence-corrected chi connectivity index (χ2v) is 4.68. The third kappa shape index (κ3) is 3.43. The van der Waals surface area contributed by atoms with Crippen LogP contribution < -0.4 is 0 Å². The fraction of sp³-hybridized carbons (Fsp3) is 1.00. The van der Waals surface area contributed by atoms with Crippen molar-refractivity contribution in [1.29, 1.82) is 0 Å². The number of hydrogen-bond acceptors (Lipinski definition) is 10. The first-order valence-electron chi connectivity index (χ1n) is 5.93. The third-order valence-corrected chi connectivity index (χ3v) is 3.24. The average molecular weight is 300 g/mol. The lowest BCUT2D eigenvalue weighted by Crippen LogP contribution is -2.63. The van der Waals surface area contributed by atoms with E-state index in [-0.39, 0.29) is 0 Å². The molecule has 20 heavy (non-hydrogen) atoms. The van der Waals surface area contributed by atoms with Crippen LogP contribution in [0, 0.1) is 0 Å². The minimum absolute atomic E-state index is 0.886. The highest BCUT2D eigenvalue weighted by atomic mass is 16.6. The van der Waals surface area contributed by atoms with Gasteiger partial charge in [-0.25, -0.2) is 0 Å². The van der Waals surface area contributed by atoms with Crippen molar-refractivity contribution in [2.24, 2.45) is 0 Å². The van der Waals surface area contributed by atoms with Crippen LogP contribution in [0.1, 0.15) is 0 Å². The lowest BCUT2D eigenvalue weighted by molar-refractivity contribution is -0.306. The van der Waals surface area contributed by atoms with Gasteiger partial charge in [0.05, 0.1) is 6.61 Å². The van der Waals surface area contributed by atoms with Gasteiger partial charge in [0, 0.05) is 0 Å². The standard InChI is InChI=1S/C10H20O10/c11-1-2(12)3(13)4(14)6(16)9-7(17)5(15)8(18)10(19)20-9/h2-19H,1H2/t2-,3-,4+,5+,6+,7+,8-,9-,10-/m1/s1. The Morgan fingerprint density at radius 1 is 0.800 bits per heavy atom. The van der Waals surface area contributed by atoms with Crippen LogP contribution in [0.4, 0.5) is 0 Å². The zero-order valence-electron chi connectivity index (χ0n) is 10.3. The Morgan fingerprint density at radius 3 is 1.85 bits per heavy atom. The molecule has 0 aromatic heterocycles. The maximum atomic E-state index is 9.76. The summed E-state index contributed by atoms with van der Waals surface area (Å²) in [5.74, 6) is 0. The molecule has 0 saturated carbocycles. The van der Waals surface area contributed by atoms with E-state index in [4.69, 9.17) is 10.2 Å². The van der Waals surface area contributed by atoms with Gasteiger partial charge in [0.25, 0.3) is 0 Å². The number of hydrogen-bond donors (Lipinski definition) is 9. The van der Waals surface area contributed by atoms with E-state index in [0.29, 0.717) is 0 Å². The molecule has 0 radical (unpaired) electrons. The van der Waals surface area contributed by atoms with Crippen LogP contribution in [-0.2, 0) is 4.74 Å². The molecule has 1 fully saturated rings. The summed E-state index contributed by atoms with van der Waals surface area (Å²) in [7, 11) is 0. The largest absolute Gasteiger partial charge is 0.394 e. The van der Waals surface area contributed by atoms with Crippen molar-refractivity contribution >= 4 is 0 Å². The summed E-state index contributed by atoms with van der Waals surface area (Å²) in [5.41, 5.74) is 0. The first kappa shape index (κ1) is 17.7. The minimum Gasteiger partial charge on any atom is -0.394 e. The van der Waals surface area contributed by atoms with Crippen molar-refractivity contribution in [2.45, 2.75) is 55.1 Å². The molecule has 0 aromatic carbocycles. The van der Waals surface area contributed by atoms with E-state index in [0.717, 1.165) is 0 Å². The predicted octanol–water partition coefficient (Wildman–Crippen LogP) is -5.78. The molecule has 0 aliphatic carbocycles. The molecular weight excluding hydrogens is 280 g/mol. The number of rotatable bonds is 5. The van der Waals surface area contributed by atoms with E-state index in [1.807, 2.05) is 0 Å². The van der Waals surface area contributed by atoms with Crippen LogP contribution in [0.2, 0.25) is 0 Å². The summed E-state index contributed by atoms with van der Waals surface area (Å²) in [5, 5.41) is 84.1. The second kappa shape index (κ2) is 7.04. The maximum absolute atomic E-state index is 9.76. The molecule has 1 saturated heterocycles. The predicted molar refractivity (Wildman–Crippen MR) is 60.0 cm³/mol. The van der Waals surface area contributed by atoms with Gasteiger partial charge < -0.3 is 50.7 Å². The molecule has 0 unspecified atom stereocenters. The Labute approximate surface area is 113 Å². The van der Waals surface area contributed by atoms with Gasteiger partial charge in [0.15, 0.2) is 6.29 Å². The van der Waals surface area contributed by atoms with Crippen molar-refractivity contribution < 1.29 is 50.7 Å². The van der Waals surface area contributed by atoms with E-state index in [2.05, 4.69) is 4.74 Å². The second-order valence-electron chi connectivity index (χ2n) is 4.68. The Bertz CT molecular complexity index is 302. The van der Waals surface area contributed by atoms with Gasteiger partial charge in [0.2, 0.25) is 0 Å². The average Bonchev–Trinajstić information content (AvgIpc) is 2.45. The van der Waals surface area contributed by atoms with Crippen LogP contribution in [0.5, 0.6) is 0 Å². The number of aliphatic hydroxyl groups excluding tert-OH is 9. The van der Waals surface area contributed by atoms with Crippen LogP contribution in [-0.4, -0.2) is 108 Å². The minimum atomic E-state index is -2.04. The lowest BCUT2D eigenvalue weighted by Gasteiger charge is -2.41. The van der Waals surface area contributed by atoms with E-state index < -0.39 is 61.7 Å². The summed E-state index contributed by atoms with van der Waals surface area (Å²) in [6.07, 6.45) is -16.9. The highest BCUT2D eigenvalue weighted by Crippen LogP contribution is 2.24.